The lowest BCUT2D eigenvalue weighted by atomic mass is 10.2. The highest BCUT2D eigenvalue weighted by molar-refractivity contribution is 7.92. The second kappa shape index (κ2) is 7.44. The molecule has 0 unspecified atom stereocenters. The van der Waals surface area contributed by atoms with Crippen LogP contribution < -0.4 is 10.0 Å². The quantitative estimate of drug-likeness (QED) is 0.841. The number of amides is 1. The zero-order valence-corrected chi connectivity index (χ0v) is 14.2. The molecule has 0 aliphatic heterocycles. The number of carbonyl (C=O) groups excluding carboxylic acids is 1. The monoisotopic (exact) mass is 350 g/mol. The summed E-state index contributed by atoms with van der Waals surface area (Å²) in [5.41, 5.74) is 0.363. The van der Waals surface area contributed by atoms with Gasteiger partial charge in [-0.25, -0.2) is 12.8 Å². The molecule has 0 saturated heterocycles. The number of hydrogen-bond donors (Lipinski definition) is 2. The molecule has 0 bridgehead atoms. The van der Waals surface area contributed by atoms with E-state index in [9.17, 15) is 17.6 Å². The molecule has 0 heterocycles. The molecule has 2 aromatic rings. The Morgan fingerprint density at radius 2 is 1.83 bits per heavy atom. The molecule has 1 amide bonds. The number of nitrogens with one attached hydrogen (secondary N) is 2. The predicted octanol–water partition coefficient (Wildman–Crippen LogP) is 3.01. The lowest BCUT2D eigenvalue weighted by molar-refractivity contribution is 0.0949. The van der Waals surface area contributed by atoms with E-state index >= 15 is 0 Å². The van der Waals surface area contributed by atoms with Crippen molar-refractivity contribution in [3.63, 3.8) is 0 Å². The summed E-state index contributed by atoms with van der Waals surface area (Å²) in [6, 6.07) is 10.8. The van der Waals surface area contributed by atoms with E-state index in [4.69, 9.17) is 0 Å². The number of carbonyl (C=O) groups is 1. The Kier molecular flexibility index (Phi) is 5.56. The van der Waals surface area contributed by atoms with Crippen molar-refractivity contribution in [3.05, 3.63) is 59.9 Å². The number of sulfonamides is 1. The molecule has 5 nitrogen and oxygen atoms in total. The molecule has 0 atom stereocenters. The van der Waals surface area contributed by atoms with Crippen molar-refractivity contribution >= 4 is 21.6 Å². The van der Waals surface area contributed by atoms with Crippen LogP contribution >= 0.6 is 0 Å². The molecule has 0 fully saturated rings. The third kappa shape index (κ3) is 4.79. The predicted molar refractivity (Wildman–Crippen MR) is 90.8 cm³/mol. The lowest BCUT2D eigenvalue weighted by Gasteiger charge is -2.10. The maximum absolute atomic E-state index is 13.2. The minimum Gasteiger partial charge on any atom is -0.352 e. The molecule has 2 aromatic carbocycles. The maximum Gasteiger partial charge on any atom is 0.261 e. The Hall–Kier alpha value is -2.41. The topological polar surface area (TPSA) is 75.3 Å². The van der Waals surface area contributed by atoms with Crippen molar-refractivity contribution in [1.82, 2.24) is 5.32 Å². The molecule has 0 aliphatic rings. The van der Waals surface area contributed by atoms with E-state index < -0.39 is 15.8 Å². The van der Waals surface area contributed by atoms with Gasteiger partial charge in [0.15, 0.2) is 0 Å². The standard InChI is InChI=1S/C17H19FN2O3S/c1-12(2)11-19-17(21)13-5-3-8-16(9-13)24(22,23)20-15-7-4-6-14(18)10-15/h3-10,12,20H,11H2,1-2H3,(H,19,21). The molecule has 128 valence electrons. The molecule has 24 heavy (non-hydrogen) atoms. The molecular formula is C17H19FN2O3S. The molecule has 0 saturated carbocycles. The Bertz CT molecular complexity index is 835. The van der Waals surface area contributed by atoms with Crippen molar-refractivity contribution in [2.75, 3.05) is 11.3 Å². The van der Waals surface area contributed by atoms with Crippen LogP contribution in [0, 0.1) is 11.7 Å². The third-order valence-corrected chi connectivity index (χ3v) is 4.53. The number of halogens is 1. The van der Waals surface area contributed by atoms with Gasteiger partial charge in [-0.1, -0.05) is 26.0 Å². The molecule has 0 spiro atoms. The van der Waals surface area contributed by atoms with Gasteiger partial charge in [0.2, 0.25) is 0 Å². The van der Waals surface area contributed by atoms with Gasteiger partial charge in [-0.05, 0) is 42.3 Å². The van der Waals surface area contributed by atoms with E-state index in [1.54, 1.807) is 0 Å². The fourth-order valence-electron chi connectivity index (χ4n) is 1.97. The first-order valence-corrected chi connectivity index (χ1v) is 8.93. The molecule has 0 aromatic heterocycles. The van der Waals surface area contributed by atoms with Crippen LogP contribution in [-0.2, 0) is 10.0 Å². The summed E-state index contributed by atoms with van der Waals surface area (Å²) >= 11 is 0. The average Bonchev–Trinajstić information content (AvgIpc) is 2.52. The summed E-state index contributed by atoms with van der Waals surface area (Å²) in [6.07, 6.45) is 0. The zero-order valence-electron chi connectivity index (χ0n) is 13.4. The summed E-state index contributed by atoms with van der Waals surface area (Å²) in [7, 11) is -3.91. The fourth-order valence-corrected chi connectivity index (χ4v) is 3.06. The van der Waals surface area contributed by atoms with Crippen LogP contribution in [0.15, 0.2) is 53.4 Å². The third-order valence-electron chi connectivity index (χ3n) is 3.15. The highest BCUT2D eigenvalue weighted by Gasteiger charge is 2.17. The van der Waals surface area contributed by atoms with E-state index in [1.165, 1.54) is 42.5 Å². The van der Waals surface area contributed by atoms with Crippen LogP contribution in [0.4, 0.5) is 10.1 Å². The second-order valence-electron chi connectivity index (χ2n) is 5.75. The molecule has 2 N–H and O–H groups in total. The Morgan fingerprint density at radius 1 is 1.12 bits per heavy atom. The van der Waals surface area contributed by atoms with Gasteiger partial charge in [0.05, 0.1) is 10.6 Å². The van der Waals surface area contributed by atoms with Gasteiger partial charge >= 0.3 is 0 Å². The molecule has 2 rings (SSSR count). The average molecular weight is 350 g/mol. The zero-order chi connectivity index (χ0) is 17.7. The first-order chi connectivity index (χ1) is 11.3. The summed E-state index contributed by atoms with van der Waals surface area (Å²) in [6.45, 7) is 4.42. The largest absolute Gasteiger partial charge is 0.352 e. The van der Waals surface area contributed by atoms with Gasteiger partial charge in [0, 0.05) is 12.1 Å². The van der Waals surface area contributed by atoms with Crippen LogP contribution in [0.3, 0.4) is 0 Å². The van der Waals surface area contributed by atoms with Gasteiger partial charge in [-0.2, -0.15) is 0 Å². The van der Waals surface area contributed by atoms with Crippen LogP contribution in [-0.4, -0.2) is 20.9 Å². The van der Waals surface area contributed by atoms with Crippen LogP contribution in [0.5, 0.6) is 0 Å². The number of anilines is 1. The maximum atomic E-state index is 13.2. The first kappa shape index (κ1) is 17.9. The molecule has 0 radical (unpaired) electrons. The van der Waals surface area contributed by atoms with Crippen molar-refractivity contribution in [2.24, 2.45) is 5.92 Å². The van der Waals surface area contributed by atoms with Crippen LogP contribution in [0.1, 0.15) is 24.2 Å². The van der Waals surface area contributed by atoms with Crippen molar-refractivity contribution < 1.29 is 17.6 Å². The number of hydrogen-bond acceptors (Lipinski definition) is 3. The highest BCUT2D eigenvalue weighted by atomic mass is 32.2. The van der Waals surface area contributed by atoms with E-state index in [-0.39, 0.29) is 28.0 Å². The second-order valence-corrected chi connectivity index (χ2v) is 7.43. The minimum atomic E-state index is -3.91. The van der Waals surface area contributed by atoms with Crippen LogP contribution in [0.25, 0.3) is 0 Å². The van der Waals surface area contributed by atoms with Crippen molar-refractivity contribution in [1.29, 1.82) is 0 Å². The first-order valence-electron chi connectivity index (χ1n) is 7.44. The summed E-state index contributed by atoms with van der Waals surface area (Å²) in [5, 5.41) is 2.73. The highest BCUT2D eigenvalue weighted by Crippen LogP contribution is 2.18. The summed E-state index contributed by atoms with van der Waals surface area (Å²) in [5.74, 6) is -0.598. The normalized spacial score (nSPS) is 11.3. The Labute approximate surface area is 141 Å². The SMILES string of the molecule is CC(C)CNC(=O)c1cccc(S(=O)(=O)Nc2cccc(F)c2)c1. The van der Waals surface area contributed by atoms with Crippen molar-refractivity contribution in [2.45, 2.75) is 18.7 Å². The number of rotatable bonds is 6. The molecule has 0 aliphatic carbocycles. The minimum absolute atomic E-state index is 0.0658. The summed E-state index contributed by atoms with van der Waals surface area (Å²) < 4.78 is 40.2. The van der Waals surface area contributed by atoms with Crippen LogP contribution in [0.2, 0.25) is 0 Å². The van der Waals surface area contributed by atoms with E-state index in [0.29, 0.717) is 6.54 Å². The van der Waals surface area contributed by atoms with Gasteiger partial charge in [0.25, 0.3) is 15.9 Å². The van der Waals surface area contributed by atoms with Gasteiger partial charge < -0.3 is 5.32 Å². The summed E-state index contributed by atoms with van der Waals surface area (Å²) in [4.78, 5) is 12.0. The Balaban J connectivity index is 2.21. The van der Waals surface area contributed by atoms with Gasteiger partial charge in [0.1, 0.15) is 5.82 Å². The Morgan fingerprint density at radius 3 is 2.50 bits per heavy atom. The van der Waals surface area contributed by atoms with E-state index in [2.05, 4.69) is 10.0 Å². The van der Waals surface area contributed by atoms with E-state index in [0.717, 1.165) is 6.07 Å². The lowest BCUT2D eigenvalue weighted by Crippen LogP contribution is -2.27. The molecule has 7 heteroatoms. The smallest absolute Gasteiger partial charge is 0.261 e. The van der Waals surface area contributed by atoms with E-state index in [1.807, 2.05) is 13.8 Å². The number of benzene rings is 2. The van der Waals surface area contributed by atoms with Gasteiger partial charge in [-0.3, -0.25) is 9.52 Å². The van der Waals surface area contributed by atoms with Crippen molar-refractivity contribution in [3.8, 4) is 0 Å². The molecular weight excluding hydrogens is 331 g/mol. The van der Waals surface area contributed by atoms with Gasteiger partial charge in [-0.15, -0.1) is 0 Å². The fraction of sp³-hybridized carbons (Fsp3) is 0.235.